The largest absolute Gasteiger partial charge is 0.485 e. The summed E-state index contributed by atoms with van der Waals surface area (Å²) < 4.78 is 6.29. The molecule has 0 radical (unpaired) electrons. The summed E-state index contributed by atoms with van der Waals surface area (Å²) in [6, 6.07) is 8.11. The summed E-state index contributed by atoms with van der Waals surface area (Å²) in [6.07, 6.45) is 2.72. The summed E-state index contributed by atoms with van der Waals surface area (Å²) in [4.78, 5) is 29.8. The summed E-state index contributed by atoms with van der Waals surface area (Å²) in [5.41, 5.74) is 1.32. The highest BCUT2D eigenvalue weighted by Gasteiger charge is 2.44. The van der Waals surface area contributed by atoms with E-state index < -0.39 is 0 Å². The van der Waals surface area contributed by atoms with Crippen LogP contribution < -0.4 is 10.1 Å². The minimum Gasteiger partial charge on any atom is -0.485 e. The van der Waals surface area contributed by atoms with E-state index >= 15 is 0 Å². The number of thiazole rings is 1. The van der Waals surface area contributed by atoms with Crippen LogP contribution in [0, 0.1) is 0 Å². The van der Waals surface area contributed by atoms with Crippen molar-refractivity contribution in [2.24, 2.45) is 0 Å². The Morgan fingerprint density at radius 2 is 2.16 bits per heavy atom. The van der Waals surface area contributed by atoms with Crippen LogP contribution in [0.3, 0.4) is 0 Å². The van der Waals surface area contributed by atoms with E-state index in [0.717, 1.165) is 25.0 Å². The molecule has 2 aliphatic rings. The summed E-state index contributed by atoms with van der Waals surface area (Å²) in [7, 11) is 0. The molecule has 1 saturated heterocycles. The number of fused-ring (bicyclic) bond motifs is 1. The number of nitrogens with zero attached hydrogens (tertiary/aromatic N) is 2. The SMILES string of the molecule is CC(=O)Nc1nc(C(=O)N2CCC3(CCc4ccccc4O3)C2)cs1. The van der Waals surface area contributed by atoms with Gasteiger partial charge in [-0.05, 0) is 24.5 Å². The minimum atomic E-state index is -0.291. The molecule has 0 bridgehead atoms. The number of benzene rings is 1. The molecule has 2 aromatic rings. The molecule has 1 aromatic carbocycles. The van der Waals surface area contributed by atoms with E-state index in [4.69, 9.17) is 4.74 Å². The Bertz CT molecular complexity index is 834. The fourth-order valence-corrected chi connectivity index (χ4v) is 4.23. The number of amides is 2. The van der Waals surface area contributed by atoms with Gasteiger partial charge in [0, 0.05) is 25.3 Å². The van der Waals surface area contributed by atoms with Gasteiger partial charge in [0.1, 0.15) is 17.0 Å². The van der Waals surface area contributed by atoms with Crippen molar-refractivity contribution in [3.8, 4) is 5.75 Å². The maximum atomic E-state index is 12.7. The molecular formula is C18H19N3O3S. The average Bonchev–Trinajstić information content (AvgIpc) is 3.21. The van der Waals surface area contributed by atoms with E-state index in [1.807, 2.05) is 18.2 Å². The molecule has 25 heavy (non-hydrogen) atoms. The fourth-order valence-electron chi connectivity index (χ4n) is 3.50. The molecule has 1 N–H and O–H groups in total. The molecule has 4 rings (SSSR count). The summed E-state index contributed by atoms with van der Waals surface area (Å²) in [6.45, 7) is 2.66. The fraction of sp³-hybridized carbons (Fsp3) is 0.389. The van der Waals surface area contributed by atoms with E-state index in [0.29, 0.717) is 23.9 Å². The Kier molecular flexibility index (Phi) is 3.95. The number of carbonyl (C=O) groups is 2. The van der Waals surface area contributed by atoms with E-state index in [9.17, 15) is 9.59 Å². The molecule has 2 amide bonds. The molecule has 1 aromatic heterocycles. The highest BCUT2D eigenvalue weighted by Crippen LogP contribution is 2.39. The highest BCUT2D eigenvalue weighted by atomic mass is 32.1. The van der Waals surface area contributed by atoms with Gasteiger partial charge in [-0.15, -0.1) is 11.3 Å². The van der Waals surface area contributed by atoms with Crippen LogP contribution in [0.2, 0.25) is 0 Å². The number of hydrogen-bond acceptors (Lipinski definition) is 5. The van der Waals surface area contributed by atoms with Gasteiger partial charge in [0.15, 0.2) is 5.13 Å². The first kappa shape index (κ1) is 16.1. The molecule has 2 aliphatic heterocycles. The zero-order valence-electron chi connectivity index (χ0n) is 13.9. The van der Waals surface area contributed by atoms with Gasteiger partial charge >= 0.3 is 0 Å². The van der Waals surface area contributed by atoms with Crippen molar-refractivity contribution in [3.63, 3.8) is 0 Å². The lowest BCUT2D eigenvalue weighted by Crippen LogP contribution is -2.43. The van der Waals surface area contributed by atoms with Crippen molar-refractivity contribution in [1.29, 1.82) is 0 Å². The van der Waals surface area contributed by atoms with Gasteiger partial charge in [0.25, 0.3) is 5.91 Å². The van der Waals surface area contributed by atoms with E-state index in [1.165, 1.54) is 23.8 Å². The predicted molar refractivity (Wildman–Crippen MR) is 95.1 cm³/mol. The third-order valence-electron chi connectivity index (χ3n) is 4.76. The molecule has 7 heteroatoms. The normalized spacial score (nSPS) is 21.7. The Morgan fingerprint density at radius 3 is 3.00 bits per heavy atom. The van der Waals surface area contributed by atoms with Gasteiger partial charge in [0.2, 0.25) is 5.91 Å². The number of nitrogens with one attached hydrogen (secondary N) is 1. The lowest BCUT2D eigenvalue weighted by atomic mass is 9.90. The van der Waals surface area contributed by atoms with Crippen molar-refractivity contribution >= 4 is 28.3 Å². The van der Waals surface area contributed by atoms with Gasteiger partial charge in [-0.1, -0.05) is 18.2 Å². The van der Waals surface area contributed by atoms with E-state index in [1.54, 1.807) is 10.3 Å². The summed E-state index contributed by atoms with van der Waals surface area (Å²) in [5.74, 6) is 0.639. The first-order valence-electron chi connectivity index (χ1n) is 8.34. The van der Waals surface area contributed by atoms with E-state index in [2.05, 4.69) is 16.4 Å². The van der Waals surface area contributed by atoms with Crippen LogP contribution >= 0.6 is 11.3 Å². The smallest absolute Gasteiger partial charge is 0.273 e. The van der Waals surface area contributed by atoms with E-state index in [-0.39, 0.29) is 17.4 Å². The first-order valence-corrected chi connectivity index (χ1v) is 9.22. The Labute approximate surface area is 149 Å². The van der Waals surface area contributed by atoms with Crippen molar-refractivity contribution in [3.05, 3.63) is 40.9 Å². The second-order valence-electron chi connectivity index (χ2n) is 6.59. The predicted octanol–water partition coefficient (Wildman–Crippen LogP) is 2.71. The topological polar surface area (TPSA) is 71.5 Å². The summed E-state index contributed by atoms with van der Waals surface area (Å²) in [5, 5.41) is 4.75. The zero-order valence-corrected chi connectivity index (χ0v) is 14.8. The number of aryl methyl sites for hydroxylation is 1. The standard InChI is InChI=1S/C18H19N3O3S/c1-12(22)19-17-20-14(10-25-17)16(23)21-9-8-18(11-21)7-6-13-4-2-3-5-15(13)24-18/h2-5,10H,6-9,11H2,1H3,(H,19,20,22). The van der Waals surface area contributed by atoms with Crippen LogP contribution in [-0.2, 0) is 11.2 Å². The highest BCUT2D eigenvalue weighted by molar-refractivity contribution is 7.14. The second kappa shape index (κ2) is 6.15. The Morgan fingerprint density at radius 1 is 1.32 bits per heavy atom. The maximum absolute atomic E-state index is 12.7. The first-order chi connectivity index (χ1) is 12.0. The molecule has 1 spiro atoms. The van der Waals surface area contributed by atoms with Crippen LogP contribution in [-0.4, -0.2) is 40.4 Å². The van der Waals surface area contributed by atoms with Crippen molar-refractivity contribution in [2.75, 3.05) is 18.4 Å². The lowest BCUT2D eigenvalue weighted by molar-refractivity contribution is -0.114. The van der Waals surface area contributed by atoms with Gasteiger partial charge in [0.05, 0.1) is 6.54 Å². The van der Waals surface area contributed by atoms with Crippen LogP contribution in [0.25, 0.3) is 0 Å². The molecule has 1 fully saturated rings. The average molecular weight is 357 g/mol. The zero-order chi connectivity index (χ0) is 17.4. The third-order valence-corrected chi connectivity index (χ3v) is 5.52. The number of aromatic nitrogens is 1. The molecular weight excluding hydrogens is 338 g/mol. The van der Waals surface area contributed by atoms with Crippen LogP contribution in [0.5, 0.6) is 5.75 Å². The Balaban J connectivity index is 1.46. The number of carbonyl (C=O) groups excluding carboxylic acids is 2. The monoisotopic (exact) mass is 357 g/mol. The number of para-hydroxylation sites is 1. The quantitative estimate of drug-likeness (QED) is 0.897. The molecule has 1 atom stereocenters. The van der Waals surface area contributed by atoms with Crippen LogP contribution in [0.4, 0.5) is 5.13 Å². The molecule has 130 valence electrons. The molecule has 0 saturated carbocycles. The maximum Gasteiger partial charge on any atom is 0.273 e. The molecule has 6 nitrogen and oxygen atoms in total. The van der Waals surface area contributed by atoms with Crippen molar-refractivity contribution in [2.45, 2.75) is 31.8 Å². The van der Waals surface area contributed by atoms with Gasteiger partial charge in [-0.2, -0.15) is 0 Å². The van der Waals surface area contributed by atoms with Crippen molar-refractivity contribution < 1.29 is 14.3 Å². The van der Waals surface area contributed by atoms with Crippen LogP contribution in [0.1, 0.15) is 35.8 Å². The number of hydrogen-bond donors (Lipinski definition) is 1. The number of rotatable bonds is 2. The van der Waals surface area contributed by atoms with Gasteiger partial charge in [-0.3, -0.25) is 9.59 Å². The minimum absolute atomic E-state index is 0.104. The second-order valence-corrected chi connectivity index (χ2v) is 7.45. The molecule has 0 aliphatic carbocycles. The van der Waals surface area contributed by atoms with Crippen LogP contribution in [0.15, 0.2) is 29.6 Å². The molecule has 3 heterocycles. The number of anilines is 1. The van der Waals surface area contributed by atoms with Gasteiger partial charge in [-0.25, -0.2) is 4.98 Å². The number of likely N-dealkylation sites (tertiary alicyclic amines) is 1. The third kappa shape index (κ3) is 3.11. The lowest BCUT2D eigenvalue weighted by Gasteiger charge is -2.35. The summed E-state index contributed by atoms with van der Waals surface area (Å²) >= 11 is 1.26. The van der Waals surface area contributed by atoms with Crippen molar-refractivity contribution in [1.82, 2.24) is 9.88 Å². The number of ether oxygens (including phenoxy) is 1. The Hall–Kier alpha value is -2.41. The molecule has 1 unspecified atom stereocenters. The van der Waals surface area contributed by atoms with Gasteiger partial charge < -0.3 is 15.0 Å².